The Kier molecular flexibility index (Phi) is 1.81. The van der Waals surface area contributed by atoms with Crippen molar-refractivity contribution >= 4 is 17.0 Å². The van der Waals surface area contributed by atoms with Crippen LogP contribution in [0.5, 0.6) is 0 Å². The number of anilines is 1. The number of nitrogen functional groups attached to an aromatic ring is 1. The van der Waals surface area contributed by atoms with Crippen LogP contribution in [0.4, 0.5) is 5.95 Å². The Morgan fingerprint density at radius 3 is 3.00 bits per heavy atom. The maximum atomic E-state index is 5.54. The third kappa shape index (κ3) is 1.30. The first-order chi connectivity index (χ1) is 6.31. The second kappa shape index (κ2) is 2.97. The molecule has 0 aromatic carbocycles. The van der Waals surface area contributed by atoms with Gasteiger partial charge in [0.25, 0.3) is 0 Å². The van der Waals surface area contributed by atoms with Crippen LogP contribution >= 0.6 is 0 Å². The van der Waals surface area contributed by atoms with Gasteiger partial charge in [-0.2, -0.15) is 4.98 Å². The summed E-state index contributed by atoms with van der Waals surface area (Å²) < 4.78 is 0. The molecule has 0 aliphatic heterocycles. The Morgan fingerprint density at radius 1 is 1.38 bits per heavy atom. The molecule has 2 rings (SSSR count). The molecule has 66 valence electrons. The molecule has 0 bridgehead atoms. The molecule has 13 heavy (non-hydrogen) atoms. The summed E-state index contributed by atoms with van der Waals surface area (Å²) in [6, 6.07) is 3.83. The smallest absolute Gasteiger partial charge is 0.222 e. The number of rotatable bonds is 1. The Morgan fingerprint density at radius 2 is 2.23 bits per heavy atom. The Labute approximate surface area is 75.8 Å². The van der Waals surface area contributed by atoms with E-state index in [1.807, 2.05) is 19.1 Å². The fourth-order valence-electron chi connectivity index (χ4n) is 1.31. The minimum atomic E-state index is 0.294. The highest BCUT2D eigenvalue weighted by molar-refractivity contribution is 5.77. The van der Waals surface area contributed by atoms with Crippen molar-refractivity contribution in [2.24, 2.45) is 0 Å². The third-order valence-corrected chi connectivity index (χ3v) is 1.90. The van der Waals surface area contributed by atoms with E-state index in [0.717, 1.165) is 17.5 Å². The van der Waals surface area contributed by atoms with Crippen LogP contribution in [0.15, 0.2) is 18.3 Å². The van der Waals surface area contributed by atoms with Crippen LogP contribution in [0.1, 0.15) is 12.6 Å². The van der Waals surface area contributed by atoms with E-state index in [4.69, 9.17) is 5.73 Å². The summed E-state index contributed by atoms with van der Waals surface area (Å²) >= 11 is 0. The molecule has 0 spiro atoms. The normalized spacial score (nSPS) is 10.5. The van der Waals surface area contributed by atoms with Gasteiger partial charge in [0, 0.05) is 11.6 Å². The van der Waals surface area contributed by atoms with Gasteiger partial charge in [0.2, 0.25) is 5.95 Å². The molecule has 0 fully saturated rings. The number of nitrogens with two attached hydrogens (primary N) is 1. The zero-order chi connectivity index (χ0) is 9.26. The monoisotopic (exact) mass is 174 g/mol. The lowest BCUT2D eigenvalue weighted by molar-refractivity contribution is 1.03. The second-order valence-electron chi connectivity index (χ2n) is 2.76. The van der Waals surface area contributed by atoms with Gasteiger partial charge in [0.15, 0.2) is 5.65 Å². The number of aryl methyl sites for hydroxylation is 1. The molecular formula is C9H10N4. The summed E-state index contributed by atoms with van der Waals surface area (Å²) in [6.45, 7) is 2.04. The molecule has 0 saturated heterocycles. The quantitative estimate of drug-likeness (QED) is 0.704. The van der Waals surface area contributed by atoms with Crippen LogP contribution < -0.4 is 5.73 Å². The molecule has 2 N–H and O–H groups in total. The van der Waals surface area contributed by atoms with Gasteiger partial charge in [-0.25, -0.2) is 9.97 Å². The number of pyridine rings is 1. The van der Waals surface area contributed by atoms with E-state index >= 15 is 0 Å². The lowest BCUT2D eigenvalue weighted by atomic mass is 10.2. The summed E-state index contributed by atoms with van der Waals surface area (Å²) in [6.07, 6.45) is 2.54. The van der Waals surface area contributed by atoms with E-state index in [1.165, 1.54) is 0 Å². The number of hydrogen-bond acceptors (Lipinski definition) is 4. The minimum absolute atomic E-state index is 0.294. The van der Waals surface area contributed by atoms with Crippen molar-refractivity contribution in [1.29, 1.82) is 0 Å². The molecule has 0 aliphatic rings. The molecule has 0 unspecified atom stereocenters. The number of fused-ring (bicyclic) bond motifs is 1. The molecule has 2 aromatic rings. The molecule has 0 amide bonds. The fourth-order valence-corrected chi connectivity index (χ4v) is 1.31. The largest absolute Gasteiger partial charge is 0.368 e. The van der Waals surface area contributed by atoms with Crippen LogP contribution in [0.25, 0.3) is 11.0 Å². The predicted molar refractivity (Wildman–Crippen MR) is 51.1 cm³/mol. The van der Waals surface area contributed by atoms with Crippen LogP contribution in [0.2, 0.25) is 0 Å². The SMILES string of the molecule is CCc1nc(N)nc2ncccc12. The first kappa shape index (κ1) is 7.91. The maximum Gasteiger partial charge on any atom is 0.222 e. The van der Waals surface area contributed by atoms with Gasteiger partial charge in [0.05, 0.1) is 5.69 Å². The maximum absolute atomic E-state index is 5.54. The minimum Gasteiger partial charge on any atom is -0.368 e. The van der Waals surface area contributed by atoms with Crippen LogP contribution in [-0.2, 0) is 6.42 Å². The lowest BCUT2D eigenvalue weighted by Gasteiger charge is -2.02. The molecule has 2 heterocycles. The van der Waals surface area contributed by atoms with E-state index in [1.54, 1.807) is 6.20 Å². The zero-order valence-electron chi connectivity index (χ0n) is 7.36. The van der Waals surface area contributed by atoms with E-state index in [2.05, 4.69) is 15.0 Å². The van der Waals surface area contributed by atoms with E-state index in [-0.39, 0.29) is 0 Å². The summed E-state index contributed by atoms with van der Waals surface area (Å²) in [5.74, 6) is 0.294. The highest BCUT2D eigenvalue weighted by Gasteiger charge is 2.03. The van der Waals surface area contributed by atoms with Crippen LogP contribution in [-0.4, -0.2) is 15.0 Å². The summed E-state index contributed by atoms with van der Waals surface area (Å²) in [5, 5.41) is 0.985. The Hall–Kier alpha value is -1.71. The molecule has 0 aliphatic carbocycles. The molecule has 0 radical (unpaired) electrons. The number of nitrogens with zero attached hydrogens (tertiary/aromatic N) is 3. The van der Waals surface area contributed by atoms with Gasteiger partial charge >= 0.3 is 0 Å². The van der Waals surface area contributed by atoms with E-state index in [0.29, 0.717) is 11.6 Å². The summed E-state index contributed by atoms with van der Waals surface area (Å²) in [5.41, 5.74) is 7.17. The Bertz CT molecular complexity index is 439. The molecule has 0 atom stereocenters. The van der Waals surface area contributed by atoms with Gasteiger partial charge in [-0.1, -0.05) is 6.92 Å². The number of aromatic nitrogens is 3. The Balaban J connectivity index is 2.81. The first-order valence-corrected chi connectivity index (χ1v) is 4.18. The lowest BCUT2D eigenvalue weighted by Crippen LogP contribution is -2.00. The zero-order valence-corrected chi connectivity index (χ0v) is 7.36. The van der Waals surface area contributed by atoms with Crippen molar-refractivity contribution in [2.45, 2.75) is 13.3 Å². The van der Waals surface area contributed by atoms with Gasteiger partial charge in [-0.3, -0.25) is 0 Å². The average molecular weight is 174 g/mol. The van der Waals surface area contributed by atoms with Gasteiger partial charge < -0.3 is 5.73 Å². The summed E-state index contributed by atoms with van der Waals surface area (Å²) in [7, 11) is 0. The highest BCUT2D eigenvalue weighted by Crippen LogP contribution is 2.14. The molecular weight excluding hydrogens is 164 g/mol. The van der Waals surface area contributed by atoms with Crippen molar-refractivity contribution in [1.82, 2.24) is 15.0 Å². The standard InChI is InChI=1S/C9H10N4/c1-2-7-6-4-3-5-11-8(6)13-9(10)12-7/h3-5H,2H2,1H3,(H2,10,11,12,13). The predicted octanol–water partition coefficient (Wildman–Crippen LogP) is 1.17. The molecule has 2 aromatic heterocycles. The van der Waals surface area contributed by atoms with Crippen molar-refractivity contribution in [3.05, 3.63) is 24.0 Å². The van der Waals surface area contributed by atoms with Crippen molar-refractivity contribution in [3.63, 3.8) is 0 Å². The number of hydrogen-bond donors (Lipinski definition) is 1. The fraction of sp³-hybridized carbons (Fsp3) is 0.222. The third-order valence-electron chi connectivity index (χ3n) is 1.90. The molecule has 4 heteroatoms. The topological polar surface area (TPSA) is 64.7 Å². The van der Waals surface area contributed by atoms with Crippen LogP contribution in [0.3, 0.4) is 0 Å². The highest BCUT2D eigenvalue weighted by atomic mass is 15.0. The van der Waals surface area contributed by atoms with Crippen molar-refractivity contribution < 1.29 is 0 Å². The van der Waals surface area contributed by atoms with Gasteiger partial charge in [0.1, 0.15) is 0 Å². The second-order valence-corrected chi connectivity index (χ2v) is 2.76. The van der Waals surface area contributed by atoms with Gasteiger partial charge in [-0.05, 0) is 18.6 Å². The molecule has 4 nitrogen and oxygen atoms in total. The van der Waals surface area contributed by atoms with E-state index < -0.39 is 0 Å². The molecule has 0 saturated carbocycles. The first-order valence-electron chi connectivity index (χ1n) is 4.18. The summed E-state index contributed by atoms with van der Waals surface area (Å²) in [4.78, 5) is 12.3. The van der Waals surface area contributed by atoms with Crippen molar-refractivity contribution in [3.8, 4) is 0 Å². The van der Waals surface area contributed by atoms with Crippen LogP contribution in [0, 0.1) is 0 Å². The van der Waals surface area contributed by atoms with E-state index in [9.17, 15) is 0 Å². The van der Waals surface area contributed by atoms with Crippen molar-refractivity contribution in [2.75, 3.05) is 5.73 Å². The average Bonchev–Trinajstić information content (AvgIpc) is 2.16. The van der Waals surface area contributed by atoms with Gasteiger partial charge in [-0.15, -0.1) is 0 Å².